The summed E-state index contributed by atoms with van der Waals surface area (Å²) >= 11 is 0. The van der Waals surface area contributed by atoms with Crippen LogP contribution in [0.1, 0.15) is 43.7 Å². The molecule has 2 heterocycles. The summed E-state index contributed by atoms with van der Waals surface area (Å²) in [4.78, 5) is 15.6. The zero-order valence-electron chi connectivity index (χ0n) is 22.1. The highest BCUT2D eigenvalue weighted by Gasteiger charge is 2.41. The highest BCUT2D eigenvalue weighted by Crippen LogP contribution is 2.40. The first-order chi connectivity index (χ1) is 17.8. The lowest BCUT2D eigenvalue weighted by molar-refractivity contribution is -0.223. The zero-order valence-corrected chi connectivity index (χ0v) is 22.1. The van der Waals surface area contributed by atoms with Crippen molar-refractivity contribution in [1.82, 2.24) is 9.80 Å². The van der Waals surface area contributed by atoms with Gasteiger partial charge >= 0.3 is 5.97 Å². The first-order valence-corrected chi connectivity index (χ1v) is 13.6. The average Bonchev–Trinajstić information content (AvgIpc) is 3.46. The number of aliphatic carboxylic acids is 1. The average molecular weight is 515 g/mol. The molecule has 0 saturated carbocycles. The Morgan fingerprint density at radius 2 is 1.81 bits per heavy atom. The van der Waals surface area contributed by atoms with Crippen LogP contribution in [0.4, 0.5) is 0 Å². The second-order valence-corrected chi connectivity index (χ2v) is 10.6. The van der Waals surface area contributed by atoms with E-state index >= 15 is 0 Å². The van der Waals surface area contributed by atoms with E-state index in [0.717, 1.165) is 38.0 Å². The molecule has 5 atom stereocenters. The maximum atomic E-state index is 11.6. The number of carboxylic acid groups (broad SMARTS) is 1. The summed E-state index contributed by atoms with van der Waals surface area (Å²) in [5, 5.41) is 29.2. The summed E-state index contributed by atoms with van der Waals surface area (Å²) in [7, 11) is 0. The number of likely N-dealkylation sites (tertiary alicyclic amines) is 2. The number of nitrogens with zero attached hydrogens (tertiary/aromatic N) is 2. The van der Waals surface area contributed by atoms with Crippen LogP contribution in [-0.2, 0) is 14.3 Å². The van der Waals surface area contributed by atoms with Crippen LogP contribution in [0.25, 0.3) is 5.57 Å². The van der Waals surface area contributed by atoms with E-state index in [4.69, 9.17) is 9.47 Å². The Bertz CT molecular complexity index is 981. The standard InChI is InChI=1S/C29H42N2O6/c1-21-8-3-4-9-25(21)26-10-5-12-29(22(26)2,36-16-6-13-30-15-11-23(32)19-30)37-17-7-14-31-20-24(33)18-27(31)28(34)35/h3-5,8-10,12,22-24,27,32-33H,6-7,11,13-20H2,1-2H3,(H,34,35)/t22?,23-,24-,27+,29?/m1/s1. The van der Waals surface area contributed by atoms with E-state index in [9.17, 15) is 20.1 Å². The molecule has 2 aliphatic heterocycles. The molecule has 1 aromatic carbocycles. The third-order valence-electron chi connectivity index (χ3n) is 7.91. The first kappa shape index (κ1) is 28.0. The molecular formula is C29H42N2O6. The number of rotatable bonds is 12. The van der Waals surface area contributed by atoms with Gasteiger partial charge < -0.3 is 29.7 Å². The van der Waals surface area contributed by atoms with Gasteiger partial charge in [-0.1, -0.05) is 43.3 Å². The lowest BCUT2D eigenvalue weighted by atomic mass is 9.82. The molecule has 3 N–H and O–H groups in total. The van der Waals surface area contributed by atoms with Gasteiger partial charge in [-0.25, -0.2) is 0 Å². The number of aryl methyl sites for hydroxylation is 1. The van der Waals surface area contributed by atoms with E-state index < -0.39 is 23.9 Å². The van der Waals surface area contributed by atoms with Crippen LogP contribution in [0.5, 0.6) is 0 Å². The fraction of sp³-hybridized carbons (Fsp3) is 0.621. The number of benzene rings is 1. The molecule has 1 aliphatic carbocycles. The van der Waals surface area contributed by atoms with Gasteiger partial charge in [0.25, 0.3) is 0 Å². The lowest BCUT2D eigenvalue weighted by Gasteiger charge is -2.40. The van der Waals surface area contributed by atoms with Gasteiger partial charge in [0.2, 0.25) is 0 Å². The Balaban J connectivity index is 1.40. The fourth-order valence-corrected chi connectivity index (χ4v) is 5.82. The van der Waals surface area contributed by atoms with Crippen LogP contribution in [0.15, 0.2) is 42.5 Å². The lowest BCUT2D eigenvalue weighted by Crippen LogP contribution is -2.44. The Labute approximate surface area is 220 Å². The van der Waals surface area contributed by atoms with E-state index in [0.29, 0.717) is 32.7 Å². The van der Waals surface area contributed by atoms with Crippen LogP contribution in [0.3, 0.4) is 0 Å². The van der Waals surface area contributed by atoms with E-state index in [1.165, 1.54) is 11.1 Å². The number of aliphatic hydroxyl groups is 2. The predicted molar refractivity (Wildman–Crippen MR) is 142 cm³/mol. The van der Waals surface area contributed by atoms with Gasteiger partial charge in [-0.2, -0.15) is 0 Å². The normalized spacial score (nSPS) is 30.6. The second kappa shape index (κ2) is 12.7. The molecule has 204 valence electrons. The monoisotopic (exact) mass is 514 g/mol. The molecule has 1 aromatic rings. The molecule has 0 amide bonds. The van der Waals surface area contributed by atoms with Gasteiger partial charge in [0.1, 0.15) is 6.04 Å². The van der Waals surface area contributed by atoms with Crippen LogP contribution in [0.2, 0.25) is 0 Å². The van der Waals surface area contributed by atoms with E-state index in [1.807, 2.05) is 29.2 Å². The molecule has 2 unspecified atom stereocenters. The molecule has 2 saturated heterocycles. The molecule has 37 heavy (non-hydrogen) atoms. The number of hydrogen-bond acceptors (Lipinski definition) is 7. The second-order valence-electron chi connectivity index (χ2n) is 10.6. The van der Waals surface area contributed by atoms with Crippen molar-refractivity contribution in [3.05, 3.63) is 53.6 Å². The minimum absolute atomic E-state index is 0.0485. The maximum Gasteiger partial charge on any atom is 0.321 e. The van der Waals surface area contributed by atoms with Gasteiger partial charge in [-0.05, 0) is 49.0 Å². The first-order valence-electron chi connectivity index (χ1n) is 13.6. The van der Waals surface area contributed by atoms with Crippen LogP contribution in [-0.4, -0.2) is 101 Å². The molecule has 0 spiro atoms. The number of carboxylic acids is 1. The van der Waals surface area contributed by atoms with Gasteiger partial charge in [-0.3, -0.25) is 9.69 Å². The molecule has 4 rings (SSSR count). The third kappa shape index (κ3) is 6.88. The Kier molecular flexibility index (Phi) is 9.56. The van der Waals surface area contributed by atoms with Crippen molar-refractivity contribution in [2.45, 2.75) is 63.6 Å². The number of carbonyl (C=O) groups is 1. The number of aliphatic hydroxyl groups excluding tert-OH is 2. The molecular weight excluding hydrogens is 472 g/mol. The van der Waals surface area contributed by atoms with Crippen molar-refractivity contribution in [3.8, 4) is 0 Å². The van der Waals surface area contributed by atoms with Crippen molar-refractivity contribution in [1.29, 1.82) is 0 Å². The number of β-amino-alcohol motifs (C(OH)–C–C–N with tert-alkyl or cyclic N) is 2. The Morgan fingerprint density at radius 3 is 2.49 bits per heavy atom. The molecule has 2 fully saturated rings. The summed E-state index contributed by atoms with van der Waals surface area (Å²) in [6.45, 7) is 8.62. The topological polar surface area (TPSA) is 103 Å². The highest BCUT2D eigenvalue weighted by molar-refractivity contribution is 5.74. The predicted octanol–water partition coefficient (Wildman–Crippen LogP) is 2.68. The zero-order chi connectivity index (χ0) is 26.4. The van der Waals surface area contributed by atoms with Crippen LogP contribution in [0, 0.1) is 12.8 Å². The van der Waals surface area contributed by atoms with Gasteiger partial charge in [-0.15, -0.1) is 0 Å². The molecule has 8 heteroatoms. The number of hydrogen-bond donors (Lipinski definition) is 3. The summed E-state index contributed by atoms with van der Waals surface area (Å²) in [6, 6.07) is 7.68. The molecule has 0 bridgehead atoms. The van der Waals surface area contributed by atoms with Crippen molar-refractivity contribution < 1.29 is 29.6 Å². The van der Waals surface area contributed by atoms with Gasteiger partial charge in [0.15, 0.2) is 5.79 Å². The quantitative estimate of drug-likeness (QED) is 0.289. The van der Waals surface area contributed by atoms with Gasteiger partial charge in [0.05, 0.1) is 25.4 Å². The van der Waals surface area contributed by atoms with Crippen LogP contribution >= 0.6 is 0 Å². The summed E-state index contributed by atoms with van der Waals surface area (Å²) in [6.07, 6.45) is 7.89. The summed E-state index contributed by atoms with van der Waals surface area (Å²) in [5.41, 5.74) is 3.54. The molecule has 8 nitrogen and oxygen atoms in total. The van der Waals surface area contributed by atoms with E-state index in [1.54, 1.807) is 0 Å². The summed E-state index contributed by atoms with van der Waals surface area (Å²) < 4.78 is 13.0. The van der Waals surface area contributed by atoms with Crippen molar-refractivity contribution in [2.75, 3.05) is 45.9 Å². The highest BCUT2D eigenvalue weighted by atomic mass is 16.7. The van der Waals surface area contributed by atoms with Crippen molar-refractivity contribution in [3.63, 3.8) is 0 Å². The van der Waals surface area contributed by atoms with E-state index in [-0.39, 0.29) is 18.4 Å². The smallest absolute Gasteiger partial charge is 0.321 e. The summed E-state index contributed by atoms with van der Waals surface area (Å²) in [5.74, 6) is -1.86. The number of allylic oxidation sites excluding steroid dienone is 2. The Morgan fingerprint density at radius 1 is 1.08 bits per heavy atom. The minimum atomic E-state index is -0.923. The Hall–Kier alpha value is -2.07. The molecule has 3 aliphatic rings. The SMILES string of the molecule is Cc1ccccc1C1=CC=CC(OCCCN2CC[C@@H](O)C2)(OCCCN2C[C@H](O)C[C@H]2C(=O)O)C1C. The fourth-order valence-electron chi connectivity index (χ4n) is 5.82. The van der Waals surface area contributed by atoms with E-state index in [2.05, 4.69) is 37.0 Å². The maximum absolute atomic E-state index is 11.6. The third-order valence-corrected chi connectivity index (χ3v) is 7.91. The van der Waals surface area contributed by atoms with Crippen LogP contribution < -0.4 is 0 Å². The van der Waals surface area contributed by atoms with Crippen molar-refractivity contribution in [2.24, 2.45) is 5.92 Å². The molecule has 0 aromatic heterocycles. The van der Waals surface area contributed by atoms with Crippen molar-refractivity contribution >= 4 is 11.5 Å². The number of ether oxygens (including phenoxy) is 2. The van der Waals surface area contributed by atoms with Gasteiger partial charge in [0, 0.05) is 45.1 Å². The largest absolute Gasteiger partial charge is 0.480 e. The minimum Gasteiger partial charge on any atom is -0.480 e. The molecule has 0 radical (unpaired) electrons.